The Hall–Kier alpha value is -1.25. The number of amides is 1. The molecule has 1 amide bonds. The number of allylic oxidation sites excluding steroid dienone is 2. The number of hydrogen-bond acceptors (Lipinski definition) is 7. The van der Waals surface area contributed by atoms with Crippen LogP contribution in [0.4, 0.5) is 0 Å². The maximum Gasteiger partial charge on any atom is 0.472 e. The standard InChI is InChI=1S/C43H84NO8P/c1-3-5-7-9-11-13-15-16-17-18-19-20-21-22-23-24-26-28-30-32-34-36-43(47)50-39-41(45)40-52-53(48,49)51-38-37-44-42(46)35-33-31-29-27-25-14-12-10-8-6-4-2/h16-17,41,45H,3-15,18-40H2,1-2H3,(H,44,46)(H,48,49)/b17-16+. The van der Waals surface area contributed by atoms with Crippen LogP contribution in [0.5, 0.6) is 0 Å². The number of phosphoric acid groups is 1. The van der Waals surface area contributed by atoms with Gasteiger partial charge in [-0.05, 0) is 38.5 Å². The zero-order valence-corrected chi connectivity index (χ0v) is 35.4. The summed E-state index contributed by atoms with van der Waals surface area (Å²) in [5.74, 6) is -0.510. The normalized spacial score (nSPS) is 13.4. The molecule has 0 saturated heterocycles. The number of carbonyl (C=O) groups excluding carboxylic acids is 2. The van der Waals surface area contributed by atoms with E-state index in [2.05, 4.69) is 31.3 Å². The number of unbranched alkanes of at least 4 members (excludes halogenated alkanes) is 27. The van der Waals surface area contributed by atoms with Gasteiger partial charge in [-0.1, -0.05) is 180 Å². The molecule has 0 radical (unpaired) electrons. The maximum absolute atomic E-state index is 12.1. The van der Waals surface area contributed by atoms with Crippen LogP contribution in [0.25, 0.3) is 0 Å². The van der Waals surface area contributed by atoms with Gasteiger partial charge in [0.25, 0.3) is 0 Å². The molecule has 2 unspecified atom stereocenters. The van der Waals surface area contributed by atoms with Crippen LogP contribution in [0.15, 0.2) is 12.2 Å². The lowest BCUT2D eigenvalue weighted by molar-refractivity contribution is -0.147. The maximum atomic E-state index is 12.1. The van der Waals surface area contributed by atoms with E-state index in [4.69, 9.17) is 13.8 Å². The van der Waals surface area contributed by atoms with Crippen molar-refractivity contribution in [3.05, 3.63) is 12.2 Å². The molecule has 9 nitrogen and oxygen atoms in total. The Morgan fingerprint density at radius 3 is 1.42 bits per heavy atom. The number of aliphatic hydroxyl groups excluding tert-OH is 1. The third-order valence-electron chi connectivity index (χ3n) is 9.70. The van der Waals surface area contributed by atoms with E-state index in [9.17, 15) is 24.2 Å². The SMILES string of the molecule is CCCCCCCC/C=C/CCCCCCCCCCCCCC(=O)OCC(O)COP(=O)(O)OCCNC(=O)CCCCCCCCCCCCC. The van der Waals surface area contributed by atoms with Gasteiger partial charge in [-0.15, -0.1) is 0 Å². The molecule has 0 spiro atoms. The van der Waals surface area contributed by atoms with Crippen molar-refractivity contribution in [2.24, 2.45) is 0 Å². The van der Waals surface area contributed by atoms with E-state index >= 15 is 0 Å². The van der Waals surface area contributed by atoms with E-state index in [0.717, 1.165) is 38.5 Å². The van der Waals surface area contributed by atoms with Crippen molar-refractivity contribution in [2.75, 3.05) is 26.4 Å². The minimum Gasteiger partial charge on any atom is -0.463 e. The first-order valence-corrected chi connectivity index (χ1v) is 23.7. The van der Waals surface area contributed by atoms with Crippen LogP contribution in [0.1, 0.15) is 219 Å². The molecule has 0 aromatic rings. The second-order valence-corrected chi connectivity index (χ2v) is 16.5. The van der Waals surface area contributed by atoms with E-state index in [1.807, 2.05) is 0 Å². The number of carbonyl (C=O) groups is 2. The number of phosphoric ester groups is 1. The van der Waals surface area contributed by atoms with Gasteiger partial charge in [0.1, 0.15) is 12.7 Å². The molecule has 2 atom stereocenters. The van der Waals surface area contributed by atoms with Crippen LogP contribution < -0.4 is 5.32 Å². The van der Waals surface area contributed by atoms with Crippen molar-refractivity contribution in [3.63, 3.8) is 0 Å². The van der Waals surface area contributed by atoms with Crippen molar-refractivity contribution in [1.82, 2.24) is 5.32 Å². The van der Waals surface area contributed by atoms with E-state index in [1.54, 1.807) is 0 Å². The first-order valence-electron chi connectivity index (χ1n) is 22.2. The van der Waals surface area contributed by atoms with Gasteiger partial charge in [-0.25, -0.2) is 4.57 Å². The van der Waals surface area contributed by atoms with Crippen molar-refractivity contribution in [2.45, 2.75) is 225 Å². The van der Waals surface area contributed by atoms with E-state index in [1.165, 1.54) is 154 Å². The second kappa shape index (κ2) is 40.4. The van der Waals surface area contributed by atoms with Gasteiger partial charge >= 0.3 is 13.8 Å². The molecule has 0 aliphatic heterocycles. The van der Waals surface area contributed by atoms with Gasteiger partial charge in [-0.2, -0.15) is 0 Å². The third-order valence-corrected chi connectivity index (χ3v) is 10.7. The number of hydrogen-bond donors (Lipinski definition) is 3. The fourth-order valence-electron chi connectivity index (χ4n) is 6.32. The first kappa shape index (κ1) is 51.8. The van der Waals surface area contributed by atoms with Crippen molar-refractivity contribution in [1.29, 1.82) is 0 Å². The molecule has 0 aliphatic rings. The summed E-state index contributed by atoms with van der Waals surface area (Å²) in [6.07, 6.45) is 41.4. The smallest absolute Gasteiger partial charge is 0.463 e. The molecule has 0 aromatic heterocycles. The Balaban J connectivity index is 3.55. The number of ether oxygens (including phenoxy) is 1. The molecule has 0 rings (SSSR count). The summed E-state index contributed by atoms with van der Waals surface area (Å²) in [6, 6.07) is 0. The molecule has 0 heterocycles. The van der Waals surface area contributed by atoms with Gasteiger partial charge in [-0.3, -0.25) is 18.6 Å². The second-order valence-electron chi connectivity index (χ2n) is 15.0. The molecule has 0 saturated carbocycles. The lowest BCUT2D eigenvalue weighted by Gasteiger charge is -2.15. The molecule has 10 heteroatoms. The summed E-state index contributed by atoms with van der Waals surface area (Å²) >= 11 is 0. The molecule has 0 fully saturated rings. The lowest BCUT2D eigenvalue weighted by atomic mass is 10.0. The van der Waals surface area contributed by atoms with Crippen molar-refractivity contribution < 1.29 is 37.9 Å². The van der Waals surface area contributed by atoms with Crippen molar-refractivity contribution >= 4 is 19.7 Å². The summed E-state index contributed by atoms with van der Waals surface area (Å²) in [4.78, 5) is 33.8. The van der Waals surface area contributed by atoms with Gasteiger partial charge in [0.05, 0.1) is 13.2 Å². The van der Waals surface area contributed by atoms with Crippen LogP contribution >= 0.6 is 7.82 Å². The molecule has 314 valence electrons. The van der Waals surface area contributed by atoms with E-state index in [0.29, 0.717) is 6.42 Å². The topological polar surface area (TPSA) is 131 Å². The lowest BCUT2D eigenvalue weighted by Crippen LogP contribution is -2.27. The Labute approximate surface area is 326 Å². The highest BCUT2D eigenvalue weighted by Gasteiger charge is 2.23. The molecule has 3 N–H and O–H groups in total. The molecule has 0 aliphatic carbocycles. The zero-order valence-electron chi connectivity index (χ0n) is 34.5. The summed E-state index contributed by atoms with van der Waals surface area (Å²) in [5.41, 5.74) is 0. The van der Waals surface area contributed by atoms with E-state index < -0.39 is 26.5 Å². The quantitative estimate of drug-likeness (QED) is 0.0242. The van der Waals surface area contributed by atoms with Gasteiger partial charge in [0.2, 0.25) is 5.91 Å². The summed E-state index contributed by atoms with van der Waals surface area (Å²) in [7, 11) is -4.41. The predicted molar refractivity (Wildman–Crippen MR) is 220 cm³/mol. The van der Waals surface area contributed by atoms with Gasteiger partial charge in [0.15, 0.2) is 0 Å². The average Bonchev–Trinajstić information content (AvgIpc) is 3.14. The Bertz CT molecular complexity index is 886. The monoisotopic (exact) mass is 774 g/mol. The molecular weight excluding hydrogens is 689 g/mol. The number of esters is 1. The Morgan fingerprint density at radius 1 is 0.566 bits per heavy atom. The Kier molecular flexibility index (Phi) is 39.5. The minimum absolute atomic E-state index is 0.0861. The van der Waals surface area contributed by atoms with Gasteiger partial charge < -0.3 is 20.1 Å². The average molecular weight is 774 g/mol. The zero-order chi connectivity index (χ0) is 38.9. The summed E-state index contributed by atoms with van der Waals surface area (Å²) in [6.45, 7) is 3.57. The fraction of sp³-hybridized carbons (Fsp3) is 0.907. The predicted octanol–water partition coefficient (Wildman–Crippen LogP) is 12.2. The van der Waals surface area contributed by atoms with Crippen LogP contribution in [0.3, 0.4) is 0 Å². The van der Waals surface area contributed by atoms with E-state index in [-0.39, 0.29) is 32.1 Å². The molecule has 0 bridgehead atoms. The third kappa shape index (κ3) is 41.7. The van der Waals surface area contributed by atoms with Crippen LogP contribution in [0, 0.1) is 0 Å². The van der Waals surface area contributed by atoms with Crippen LogP contribution in [-0.2, 0) is 27.9 Å². The largest absolute Gasteiger partial charge is 0.472 e. The van der Waals surface area contributed by atoms with Crippen LogP contribution in [-0.4, -0.2) is 54.3 Å². The first-order chi connectivity index (χ1) is 25.8. The summed E-state index contributed by atoms with van der Waals surface area (Å²) in [5, 5.41) is 12.7. The van der Waals surface area contributed by atoms with Gasteiger partial charge in [0, 0.05) is 19.4 Å². The number of rotatable bonds is 42. The van der Waals surface area contributed by atoms with Crippen LogP contribution in [0.2, 0.25) is 0 Å². The number of nitrogens with one attached hydrogen (secondary N) is 1. The number of aliphatic hydroxyl groups is 1. The molecule has 53 heavy (non-hydrogen) atoms. The highest BCUT2D eigenvalue weighted by molar-refractivity contribution is 7.47. The van der Waals surface area contributed by atoms with Crippen molar-refractivity contribution in [3.8, 4) is 0 Å². The minimum atomic E-state index is -4.41. The Morgan fingerprint density at radius 2 is 0.962 bits per heavy atom. The highest BCUT2D eigenvalue weighted by atomic mass is 31.2. The fourth-order valence-corrected chi connectivity index (χ4v) is 7.07. The summed E-state index contributed by atoms with van der Waals surface area (Å²) < 4.78 is 26.8. The molecular formula is C43H84NO8P. The highest BCUT2D eigenvalue weighted by Crippen LogP contribution is 2.42. The molecule has 0 aromatic carbocycles.